The Morgan fingerprint density at radius 1 is 1.14 bits per heavy atom. The van der Waals surface area contributed by atoms with Gasteiger partial charge in [0.1, 0.15) is 11.9 Å². The third-order valence-electron chi connectivity index (χ3n) is 4.35. The topological polar surface area (TPSA) is 49.4 Å². The molecule has 7 heteroatoms. The molecule has 2 rings (SSSR count). The first-order valence-corrected chi connectivity index (χ1v) is 9.83. The minimum Gasteiger partial charge on any atom is -0.354 e. The Labute approximate surface area is 174 Å². The van der Waals surface area contributed by atoms with Crippen LogP contribution in [0.3, 0.4) is 0 Å². The van der Waals surface area contributed by atoms with Gasteiger partial charge in [-0.1, -0.05) is 54.4 Å². The molecular weight excluding hydrogens is 402 g/mol. The van der Waals surface area contributed by atoms with E-state index in [0.29, 0.717) is 27.7 Å². The highest BCUT2D eigenvalue weighted by atomic mass is 35.5. The van der Waals surface area contributed by atoms with Gasteiger partial charge in [-0.2, -0.15) is 0 Å². The molecule has 0 radical (unpaired) electrons. The smallest absolute Gasteiger partial charge is 0.242 e. The summed E-state index contributed by atoms with van der Waals surface area (Å²) < 4.78 is 14.1. The molecule has 1 unspecified atom stereocenters. The van der Waals surface area contributed by atoms with Crippen LogP contribution in [-0.4, -0.2) is 29.3 Å². The predicted octanol–water partition coefficient (Wildman–Crippen LogP) is 4.62. The van der Waals surface area contributed by atoms with E-state index in [0.717, 1.165) is 6.42 Å². The molecule has 0 bridgehead atoms. The summed E-state index contributed by atoms with van der Waals surface area (Å²) in [5.41, 5.74) is 1.01. The zero-order valence-electron chi connectivity index (χ0n) is 15.8. The first-order valence-electron chi connectivity index (χ1n) is 9.08. The van der Waals surface area contributed by atoms with Crippen LogP contribution in [0.1, 0.15) is 31.4 Å². The van der Waals surface area contributed by atoms with E-state index in [-0.39, 0.29) is 24.8 Å². The lowest BCUT2D eigenvalue weighted by Gasteiger charge is -2.29. The van der Waals surface area contributed by atoms with Gasteiger partial charge >= 0.3 is 0 Å². The predicted molar refractivity (Wildman–Crippen MR) is 110 cm³/mol. The summed E-state index contributed by atoms with van der Waals surface area (Å²) in [6.45, 7) is 4.08. The second-order valence-electron chi connectivity index (χ2n) is 6.51. The van der Waals surface area contributed by atoms with Crippen LogP contribution >= 0.6 is 23.2 Å². The van der Waals surface area contributed by atoms with Crippen molar-refractivity contribution in [1.29, 1.82) is 0 Å². The number of carbonyl (C=O) groups is 2. The summed E-state index contributed by atoms with van der Waals surface area (Å²) in [5.74, 6) is -1.00. The van der Waals surface area contributed by atoms with Crippen LogP contribution in [0.15, 0.2) is 42.5 Å². The van der Waals surface area contributed by atoms with Crippen LogP contribution < -0.4 is 5.32 Å². The number of halogens is 3. The van der Waals surface area contributed by atoms with Gasteiger partial charge in [0.2, 0.25) is 11.8 Å². The Bertz CT molecular complexity index is 845. The highest BCUT2D eigenvalue weighted by Gasteiger charge is 2.26. The van der Waals surface area contributed by atoms with Crippen molar-refractivity contribution in [1.82, 2.24) is 10.2 Å². The van der Waals surface area contributed by atoms with Gasteiger partial charge in [-0.25, -0.2) is 4.39 Å². The van der Waals surface area contributed by atoms with E-state index in [1.807, 2.05) is 6.92 Å². The molecule has 28 heavy (non-hydrogen) atoms. The van der Waals surface area contributed by atoms with E-state index >= 15 is 0 Å². The van der Waals surface area contributed by atoms with Crippen molar-refractivity contribution >= 4 is 35.0 Å². The van der Waals surface area contributed by atoms with Gasteiger partial charge in [-0.3, -0.25) is 9.59 Å². The maximum Gasteiger partial charge on any atom is 0.242 e. The molecule has 0 aliphatic heterocycles. The third-order valence-corrected chi connectivity index (χ3v) is 5.09. The van der Waals surface area contributed by atoms with Crippen molar-refractivity contribution in [3.63, 3.8) is 0 Å². The minimum atomic E-state index is -0.749. The standard InChI is InChI=1S/C21H23Cl2FN2O2/c1-3-10-25-21(28)14(2)26(13-16-6-4-5-7-19(16)24)20(27)12-15-8-9-17(22)18(23)11-15/h4-9,11,14H,3,10,12-13H2,1-2H3,(H,25,28). The van der Waals surface area contributed by atoms with Gasteiger partial charge < -0.3 is 10.2 Å². The molecule has 0 spiro atoms. The van der Waals surface area contributed by atoms with Gasteiger partial charge in [0.05, 0.1) is 16.5 Å². The van der Waals surface area contributed by atoms with Crippen molar-refractivity contribution in [2.75, 3.05) is 6.54 Å². The van der Waals surface area contributed by atoms with Crippen molar-refractivity contribution in [3.8, 4) is 0 Å². The second-order valence-corrected chi connectivity index (χ2v) is 7.32. The number of nitrogens with zero attached hydrogens (tertiary/aromatic N) is 1. The Morgan fingerprint density at radius 3 is 2.50 bits per heavy atom. The molecule has 4 nitrogen and oxygen atoms in total. The number of nitrogens with one attached hydrogen (secondary N) is 1. The van der Waals surface area contributed by atoms with E-state index in [9.17, 15) is 14.0 Å². The zero-order chi connectivity index (χ0) is 20.7. The summed E-state index contributed by atoms with van der Waals surface area (Å²) in [6.07, 6.45) is 0.805. The fourth-order valence-corrected chi connectivity index (χ4v) is 3.04. The fraction of sp³-hybridized carbons (Fsp3) is 0.333. The summed E-state index contributed by atoms with van der Waals surface area (Å²) in [6, 6.07) is 10.4. The monoisotopic (exact) mass is 424 g/mol. The molecule has 150 valence electrons. The normalized spacial score (nSPS) is 11.8. The van der Waals surface area contributed by atoms with E-state index in [1.165, 1.54) is 11.0 Å². The molecular formula is C21H23Cl2FN2O2. The van der Waals surface area contributed by atoms with E-state index in [4.69, 9.17) is 23.2 Å². The summed E-state index contributed by atoms with van der Waals surface area (Å²) >= 11 is 12.0. The number of hydrogen-bond donors (Lipinski definition) is 1. The van der Waals surface area contributed by atoms with Crippen LogP contribution in [0.4, 0.5) is 4.39 Å². The first kappa shape index (κ1) is 22.2. The maximum absolute atomic E-state index is 14.1. The van der Waals surface area contributed by atoms with Gasteiger partial charge in [0.15, 0.2) is 0 Å². The number of carbonyl (C=O) groups excluding carboxylic acids is 2. The highest BCUT2D eigenvalue weighted by Crippen LogP contribution is 2.23. The van der Waals surface area contributed by atoms with Crippen molar-refractivity contribution in [3.05, 3.63) is 69.5 Å². The quantitative estimate of drug-likeness (QED) is 0.671. The van der Waals surface area contributed by atoms with Gasteiger partial charge in [0.25, 0.3) is 0 Å². The van der Waals surface area contributed by atoms with Crippen LogP contribution in [0.25, 0.3) is 0 Å². The number of hydrogen-bond acceptors (Lipinski definition) is 2. The van der Waals surface area contributed by atoms with Crippen LogP contribution in [-0.2, 0) is 22.6 Å². The average molecular weight is 425 g/mol. The van der Waals surface area contributed by atoms with Crippen LogP contribution in [0, 0.1) is 5.82 Å². The molecule has 2 aromatic rings. The summed E-state index contributed by atoms with van der Waals surface area (Å²) in [4.78, 5) is 26.8. The molecule has 0 aliphatic rings. The fourth-order valence-electron chi connectivity index (χ4n) is 2.71. The van der Waals surface area contributed by atoms with Gasteiger partial charge in [-0.05, 0) is 37.1 Å². The summed E-state index contributed by atoms with van der Waals surface area (Å²) in [7, 11) is 0. The molecule has 0 aliphatic carbocycles. The zero-order valence-corrected chi connectivity index (χ0v) is 17.4. The molecule has 1 atom stereocenters. The average Bonchev–Trinajstić information content (AvgIpc) is 2.67. The van der Waals surface area contributed by atoms with Gasteiger partial charge in [-0.15, -0.1) is 0 Å². The lowest BCUT2D eigenvalue weighted by atomic mass is 10.1. The number of benzene rings is 2. The van der Waals surface area contributed by atoms with Crippen LogP contribution in [0.2, 0.25) is 10.0 Å². The van der Waals surface area contributed by atoms with Crippen LogP contribution in [0.5, 0.6) is 0 Å². The number of amides is 2. The van der Waals surface area contributed by atoms with Crippen molar-refractivity contribution in [2.24, 2.45) is 0 Å². The molecule has 0 heterocycles. The van der Waals surface area contributed by atoms with E-state index in [1.54, 1.807) is 43.3 Å². The lowest BCUT2D eigenvalue weighted by Crippen LogP contribution is -2.48. The van der Waals surface area contributed by atoms with E-state index < -0.39 is 11.9 Å². The second kappa shape index (κ2) is 10.4. The van der Waals surface area contributed by atoms with Crippen molar-refractivity contribution in [2.45, 2.75) is 39.3 Å². The maximum atomic E-state index is 14.1. The van der Waals surface area contributed by atoms with Crippen molar-refractivity contribution < 1.29 is 14.0 Å². The van der Waals surface area contributed by atoms with Gasteiger partial charge in [0, 0.05) is 18.7 Å². The highest BCUT2D eigenvalue weighted by molar-refractivity contribution is 6.42. The molecule has 2 aromatic carbocycles. The molecule has 0 aromatic heterocycles. The molecule has 2 amide bonds. The molecule has 0 saturated heterocycles. The Balaban J connectivity index is 2.25. The summed E-state index contributed by atoms with van der Waals surface area (Å²) in [5, 5.41) is 3.53. The molecule has 1 N–H and O–H groups in total. The Kier molecular flexibility index (Phi) is 8.27. The Morgan fingerprint density at radius 2 is 1.86 bits per heavy atom. The molecule has 0 saturated carbocycles. The first-order chi connectivity index (χ1) is 13.3. The third kappa shape index (κ3) is 5.94. The Hall–Kier alpha value is -2.11. The van der Waals surface area contributed by atoms with E-state index in [2.05, 4.69) is 5.32 Å². The largest absolute Gasteiger partial charge is 0.354 e. The lowest BCUT2D eigenvalue weighted by molar-refractivity contribution is -0.140. The SMILES string of the molecule is CCCNC(=O)C(C)N(Cc1ccccc1F)C(=O)Cc1ccc(Cl)c(Cl)c1. The number of rotatable bonds is 8. The molecule has 0 fully saturated rings. The minimum absolute atomic E-state index is 0.00641.